The van der Waals surface area contributed by atoms with Crippen molar-refractivity contribution in [3.05, 3.63) is 51.2 Å². The monoisotopic (exact) mass is 303 g/mol. The van der Waals surface area contributed by atoms with Crippen LogP contribution in [0.1, 0.15) is 41.0 Å². The minimum absolute atomic E-state index is 0.319. The predicted molar refractivity (Wildman–Crippen MR) is 91.5 cm³/mol. The summed E-state index contributed by atoms with van der Waals surface area (Å²) in [5.41, 5.74) is 4.18. The molecule has 1 unspecified atom stereocenters. The molecule has 0 saturated heterocycles. The summed E-state index contributed by atoms with van der Waals surface area (Å²) in [4.78, 5) is 1.30. The van der Waals surface area contributed by atoms with Gasteiger partial charge >= 0.3 is 0 Å². The second kappa shape index (κ2) is 7.62. The topological polar surface area (TPSA) is 21.3 Å². The fourth-order valence-corrected chi connectivity index (χ4v) is 3.62. The number of hydrogen-bond acceptors (Lipinski definition) is 3. The van der Waals surface area contributed by atoms with Gasteiger partial charge in [-0.15, -0.1) is 11.3 Å². The molecule has 0 spiro atoms. The smallest absolute Gasteiger partial charge is 0.134 e. The van der Waals surface area contributed by atoms with Gasteiger partial charge in [0.15, 0.2) is 0 Å². The molecule has 2 nitrogen and oxygen atoms in total. The standard InChI is InChI=1S/C18H25NOS/c1-5-10-19-16(18-17(20-4)9-11-21-18)12-15-13(2)7-6-8-14(15)3/h6-9,11,16,19H,5,10,12H2,1-4H3. The lowest BCUT2D eigenvalue weighted by molar-refractivity contribution is 0.402. The molecule has 1 aromatic heterocycles. The average molecular weight is 303 g/mol. The number of thiophene rings is 1. The molecule has 1 atom stereocenters. The Hall–Kier alpha value is -1.32. The molecule has 0 bridgehead atoms. The number of hydrogen-bond donors (Lipinski definition) is 1. The Balaban J connectivity index is 2.28. The van der Waals surface area contributed by atoms with Gasteiger partial charge in [-0.1, -0.05) is 25.1 Å². The van der Waals surface area contributed by atoms with Gasteiger partial charge < -0.3 is 10.1 Å². The molecule has 0 radical (unpaired) electrons. The first kappa shape index (κ1) is 16.1. The van der Waals surface area contributed by atoms with Gasteiger partial charge in [-0.2, -0.15) is 0 Å². The Morgan fingerprint density at radius 2 is 1.90 bits per heavy atom. The molecule has 21 heavy (non-hydrogen) atoms. The van der Waals surface area contributed by atoms with Gasteiger partial charge in [0, 0.05) is 6.04 Å². The fraction of sp³-hybridized carbons (Fsp3) is 0.444. The summed E-state index contributed by atoms with van der Waals surface area (Å²) in [5, 5.41) is 5.79. The van der Waals surface area contributed by atoms with Gasteiger partial charge in [0.2, 0.25) is 0 Å². The lowest BCUT2D eigenvalue weighted by atomic mass is 9.95. The SMILES string of the molecule is CCCNC(Cc1c(C)cccc1C)c1sccc1OC. The van der Waals surface area contributed by atoms with E-state index in [4.69, 9.17) is 4.74 Å². The molecule has 0 aliphatic carbocycles. The van der Waals surface area contributed by atoms with Crippen LogP contribution >= 0.6 is 11.3 Å². The van der Waals surface area contributed by atoms with Crippen LogP contribution in [0.5, 0.6) is 5.75 Å². The van der Waals surface area contributed by atoms with E-state index in [1.165, 1.54) is 21.6 Å². The predicted octanol–water partition coefficient (Wildman–Crippen LogP) is 4.66. The Labute approximate surface area is 132 Å². The maximum absolute atomic E-state index is 5.51. The molecule has 0 saturated carbocycles. The van der Waals surface area contributed by atoms with Gasteiger partial charge in [-0.3, -0.25) is 0 Å². The Bertz CT molecular complexity index is 556. The summed E-state index contributed by atoms with van der Waals surface area (Å²) in [6.45, 7) is 7.63. The number of nitrogens with one attached hydrogen (secondary N) is 1. The molecule has 0 fully saturated rings. The third kappa shape index (κ3) is 3.86. The third-order valence-corrected chi connectivity index (χ3v) is 4.90. The van der Waals surface area contributed by atoms with Crippen LogP contribution in [-0.2, 0) is 6.42 Å². The average Bonchev–Trinajstić information content (AvgIpc) is 2.94. The van der Waals surface area contributed by atoms with Gasteiger partial charge in [0.25, 0.3) is 0 Å². The molecule has 0 amide bonds. The molecule has 1 aromatic carbocycles. The minimum Gasteiger partial charge on any atom is -0.496 e. The van der Waals surface area contributed by atoms with Crippen molar-refractivity contribution in [1.82, 2.24) is 5.32 Å². The number of rotatable bonds is 7. The van der Waals surface area contributed by atoms with Crippen LogP contribution in [0.4, 0.5) is 0 Å². The molecule has 0 aliphatic rings. The molecule has 2 aromatic rings. The van der Waals surface area contributed by atoms with Crippen LogP contribution in [0.3, 0.4) is 0 Å². The summed E-state index contributed by atoms with van der Waals surface area (Å²) < 4.78 is 5.51. The van der Waals surface area contributed by atoms with E-state index in [1.807, 2.05) is 0 Å². The molecule has 3 heteroatoms. The zero-order valence-corrected chi connectivity index (χ0v) is 14.2. The van der Waals surface area contributed by atoms with E-state index in [-0.39, 0.29) is 0 Å². The molecule has 0 aliphatic heterocycles. The van der Waals surface area contributed by atoms with E-state index in [2.05, 4.69) is 55.7 Å². The molecule has 114 valence electrons. The second-order valence-electron chi connectivity index (χ2n) is 5.43. The highest BCUT2D eigenvalue weighted by molar-refractivity contribution is 7.10. The maximum atomic E-state index is 5.51. The Kier molecular flexibility index (Phi) is 5.83. The largest absolute Gasteiger partial charge is 0.496 e. The molecule has 1 N–H and O–H groups in total. The number of ether oxygens (including phenoxy) is 1. The van der Waals surface area contributed by atoms with Crippen LogP contribution in [-0.4, -0.2) is 13.7 Å². The molecular formula is C18H25NOS. The van der Waals surface area contributed by atoms with Crippen LogP contribution in [0, 0.1) is 13.8 Å². The highest BCUT2D eigenvalue weighted by atomic mass is 32.1. The summed E-state index contributed by atoms with van der Waals surface area (Å²) in [6, 6.07) is 8.91. The van der Waals surface area contributed by atoms with E-state index in [9.17, 15) is 0 Å². The quantitative estimate of drug-likeness (QED) is 0.803. The van der Waals surface area contributed by atoms with Gasteiger partial charge in [-0.25, -0.2) is 0 Å². The van der Waals surface area contributed by atoms with Crippen LogP contribution < -0.4 is 10.1 Å². The normalized spacial score (nSPS) is 12.4. The van der Waals surface area contributed by atoms with Crippen LogP contribution in [0.2, 0.25) is 0 Å². The zero-order valence-electron chi connectivity index (χ0n) is 13.4. The highest BCUT2D eigenvalue weighted by Crippen LogP contribution is 2.33. The maximum Gasteiger partial charge on any atom is 0.134 e. The summed E-state index contributed by atoms with van der Waals surface area (Å²) in [6.07, 6.45) is 2.15. The van der Waals surface area contributed by atoms with Gasteiger partial charge in [0.05, 0.1) is 12.0 Å². The first-order chi connectivity index (χ1) is 10.2. The lowest BCUT2D eigenvalue weighted by Gasteiger charge is -2.21. The number of aryl methyl sites for hydroxylation is 2. The lowest BCUT2D eigenvalue weighted by Crippen LogP contribution is -2.24. The van der Waals surface area contributed by atoms with E-state index in [0.717, 1.165) is 25.1 Å². The van der Waals surface area contributed by atoms with Crippen molar-refractivity contribution >= 4 is 11.3 Å². The van der Waals surface area contributed by atoms with Crippen molar-refractivity contribution in [1.29, 1.82) is 0 Å². The Morgan fingerprint density at radius 3 is 2.52 bits per heavy atom. The molecule has 1 heterocycles. The van der Waals surface area contributed by atoms with Crippen molar-refractivity contribution < 1.29 is 4.74 Å². The molecular weight excluding hydrogens is 278 g/mol. The van der Waals surface area contributed by atoms with Gasteiger partial charge in [-0.05, 0) is 61.4 Å². The number of benzene rings is 1. The van der Waals surface area contributed by atoms with Crippen molar-refractivity contribution in [2.24, 2.45) is 0 Å². The second-order valence-corrected chi connectivity index (χ2v) is 6.38. The van der Waals surface area contributed by atoms with Crippen molar-refractivity contribution in [3.63, 3.8) is 0 Å². The van der Waals surface area contributed by atoms with E-state index < -0.39 is 0 Å². The first-order valence-corrected chi connectivity index (χ1v) is 8.45. The van der Waals surface area contributed by atoms with Crippen LogP contribution in [0.25, 0.3) is 0 Å². The minimum atomic E-state index is 0.319. The Morgan fingerprint density at radius 1 is 1.19 bits per heavy atom. The van der Waals surface area contributed by atoms with E-state index in [0.29, 0.717) is 6.04 Å². The summed E-state index contributed by atoms with van der Waals surface area (Å²) >= 11 is 1.78. The van der Waals surface area contributed by atoms with E-state index >= 15 is 0 Å². The van der Waals surface area contributed by atoms with Crippen molar-refractivity contribution in [2.75, 3.05) is 13.7 Å². The highest BCUT2D eigenvalue weighted by Gasteiger charge is 2.19. The van der Waals surface area contributed by atoms with Crippen molar-refractivity contribution in [3.8, 4) is 5.75 Å². The number of methoxy groups -OCH3 is 1. The third-order valence-electron chi connectivity index (χ3n) is 3.89. The fourth-order valence-electron chi connectivity index (χ4n) is 2.68. The molecule has 2 rings (SSSR count). The summed E-state index contributed by atoms with van der Waals surface area (Å²) in [5.74, 6) is 1.000. The van der Waals surface area contributed by atoms with Gasteiger partial charge in [0.1, 0.15) is 5.75 Å². The van der Waals surface area contributed by atoms with E-state index in [1.54, 1.807) is 18.4 Å². The van der Waals surface area contributed by atoms with Crippen molar-refractivity contribution in [2.45, 2.75) is 39.7 Å². The zero-order chi connectivity index (χ0) is 15.2. The van der Waals surface area contributed by atoms with Crippen LogP contribution in [0.15, 0.2) is 29.6 Å². The first-order valence-electron chi connectivity index (χ1n) is 7.57. The summed E-state index contributed by atoms with van der Waals surface area (Å²) in [7, 11) is 1.75.